The van der Waals surface area contributed by atoms with Crippen molar-refractivity contribution < 1.29 is 14.3 Å². The molecule has 0 aromatic heterocycles. The fraction of sp³-hybridized carbons (Fsp3) is 0.619. The Hall–Kier alpha value is -1.88. The van der Waals surface area contributed by atoms with Crippen molar-refractivity contribution in [2.24, 2.45) is 5.41 Å². The summed E-state index contributed by atoms with van der Waals surface area (Å²) in [5.74, 6) is -0.103. The zero-order valence-corrected chi connectivity index (χ0v) is 15.4. The van der Waals surface area contributed by atoms with E-state index >= 15 is 0 Å². The molecule has 1 aromatic rings. The van der Waals surface area contributed by atoms with Gasteiger partial charge < -0.3 is 15.4 Å². The Balaban J connectivity index is 1.38. The van der Waals surface area contributed by atoms with Crippen LogP contribution in [-0.2, 0) is 4.74 Å². The van der Waals surface area contributed by atoms with Gasteiger partial charge in [-0.2, -0.15) is 0 Å². The quantitative estimate of drug-likeness (QED) is 0.823. The third-order valence-corrected chi connectivity index (χ3v) is 6.31. The summed E-state index contributed by atoms with van der Waals surface area (Å²) in [4.78, 5) is 24.7. The summed E-state index contributed by atoms with van der Waals surface area (Å²) < 4.78 is 5.92. The summed E-state index contributed by atoms with van der Waals surface area (Å²) in [7, 11) is 0. The lowest BCUT2D eigenvalue weighted by Gasteiger charge is -2.54. The maximum Gasteiger partial charge on any atom is 0.251 e. The van der Waals surface area contributed by atoms with E-state index in [-0.39, 0.29) is 29.4 Å². The van der Waals surface area contributed by atoms with Gasteiger partial charge in [-0.25, -0.2) is 0 Å². The topological polar surface area (TPSA) is 67.4 Å². The Morgan fingerprint density at radius 1 is 1.04 bits per heavy atom. The van der Waals surface area contributed by atoms with E-state index in [1.54, 1.807) is 24.3 Å². The molecule has 2 N–H and O–H groups in total. The third kappa shape index (κ3) is 3.25. The largest absolute Gasteiger partial charge is 0.378 e. The van der Waals surface area contributed by atoms with E-state index in [1.165, 1.54) is 12.8 Å². The predicted molar refractivity (Wildman–Crippen MR) is 99.1 cm³/mol. The highest BCUT2D eigenvalue weighted by atomic mass is 16.5. The zero-order chi connectivity index (χ0) is 18.1. The van der Waals surface area contributed by atoms with E-state index in [0.717, 1.165) is 38.7 Å². The lowest BCUT2D eigenvalue weighted by Crippen LogP contribution is -2.63. The molecule has 1 spiro atoms. The molecule has 0 aliphatic heterocycles. The Labute approximate surface area is 154 Å². The number of carbonyl (C=O) groups excluding carboxylic acids is 2. The Bertz CT molecular complexity index is 675. The second kappa shape index (κ2) is 7.03. The van der Waals surface area contributed by atoms with Crippen LogP contribution >= 0.6 is 0 Å². The van der Waals surface area contributed by atoms with Crippen LogP contribution < -0.4 is 10.6 Å². The van der Waals surface area contributed by atoms with Gasteiger partial charge >= 0.3 is 0 Å². The highest BCUT2D eigenvalue weighted by Crippen LogP contribution is 2.54. The van der Waals surface area contributed by atoms with Crippen molar-refractivity contribution in [2.45, 2.75) is 70.1 Å². The number of hydrogen-bond donors (Lipinski definition) is 2. The highest BCUT2D eigenvalue weighted by Gasteiger charge is 2.57. The van der Waals surface area contributed by atoms with Gasteiger partial charge in [-0.05, 0) is 63.3 Å². The molecule has 3 aliphatic carbocycles. The summed E-state index contributed by atoms with van der Waals surface area (Å²) in [5, 5.41) is 6.19. The fourth-order valence-corrected chi connectivity index (χ4v) is 4.60. The molecule has 2 atom stereocenters. The predicted octanol–water partition coefficient (Wildman–Crippen LogP) is 3.05. The standard InChI is InChI=1S/C21H28N2O3/c1-2-26-18-13-17(21(18)11-3-4-12-21)23-20(25)15-7-5-14(6-8-15)19(24)22-16-9-10-16/h5-8,16-18H,2-4,9-13H2,1H3,(H,22,24)(H,23,25). The third-order valence-electron chi connectivity index (χ3n) is 6.31. The van der Waals surface area contributed by atoms with Crippen molar-refractivity contribution in [3.63, 3.8) is 0 Å². The first-order valence-corrected chi connectivity index (χ1v) is 9.96. The molecule has 5 nitrogen and oxygen atoms in total. The summed E-state index contributed by atoms with van der Waals surface area (Å²) >= 11 is 0. The number of amides is 2. The van der Waals surface area contributed by atoms with Crippen LogP contribution in [0.5, 0.6) is 0 Å². The number of nitrogens with one attached hydrogen (secondary N) is 2. The number of benzene rings is 1. The molecular weight excluding hydrogens is 328 g/mol. The molecule has 5 heteroatoms. The van der Waals surface area contributed by atoms with Crippen LogP contribution in [-0.4, -0.2) is 36.6 Å². The average molecular weight is 356 g/mol. The second-order valence-corrected chi connectivity index (χ2v) is 7.97. The van der Waals surface area contributed by atoms with Gasteiger partial charge in [-0.3, -0.25) is 9.59 Å². The number of rotatable bonds is 6. The van der Waals surface area contributed by atoms with Crippen molar-refractivity contribution >= 4 is 11.8 Å². The minimum atomic E-state index is -0.0529. The van der Waals surface area contributed by atoms with E-state index in [0.29, 0.717) is 17.2 Å². The minimum Gasteiger partial charge on any atom is -0.378 e. The summed E-state index contributed by atoms with van der Waals surface area (Å²) in [6.45, 7) is 2.77. The van der Waals surface area contributed by atoms with Crippen molar-refractivity contribution in [1.82, 2.24) is 10.6 Å². The Kier molecular flexibility index (Phi) is 4.74. The normalized spacial score (nSPS) is 26.3. The van der Waals surface area contributed by atoms with Crippen LogP contribution in [0.3, 0.4) is 0 Å². The minimum absolute atomic E-state index is 0.0506. The average Bonchev–Trinajstić information content (AvgIpc) is 3.30. The number of ether oxygens (including phenoxy) is 1. The maximum absolute atomic E-state index is 12.7. The molecule has 26 heavy (non-hydrogen) atoms. The molecule has 3 aliphatic rings. The van der Waals surface area contributed by atoms with Crippen LogP contribution in [0.4, 0.5) is 0 Å². The SMILES string of the molecule is CCOC1CC(NC(=O)c2ccc(C(=O)NC3CC3)cc2)C12CCCC2. The lowest BCUT2D eigenvalue weighted by molar-refractivity contribution is -0.127. The van der Waals surface area contributed by atoms with Gasteiger partial charge in [0, 0.05) is 35.2 Å². The van der Waals surface area contributed by atoms with Gasteiger partial charge in [-0.15, -0.1) is 0 Å². The van der Waals surface area contributed by atoms with Gasteiger partial charge in [0.1, 0.15) is 0 Å². The molecule has 3 fully saturated rings. The van der Waals surface area contributed by atoms with Gasteiger partial charge in [-0.1, -0.05) is 12.8 Å². The van der Waals surface area contributed by atoms with E-state index in [9.17, 15) is 9.59 Å². The van der Waals surface area contributed by atoms with Crippen molar-refractivity contribution in [3.05, 3.63) is 35.4 Å². The van der Waals surface area contributed by atoms with Crippen molar-refractivity contribution in [2.75, 3.05) is 6.61 Å². The fourth-order valence-electron chi connectivity index (χ4n) is 4.60. The zero-order valence-electron chi connectivity index (χ0n) is 15.4. The number of hydrogen-bond acceptors (Lipinski definition) is 3. The molecule has 0 radical (unpaired) electrons. The molecule has 2 unspecified atom stereocenters. The van der Waals surface area contributed by atoms with Gasteiger partial charge in [0.05, 0.1) is 6.10 Å². The first-order chi connectivity index (χ1) is 12.6. The van der Waals surface area contributed by atoms with E-state index < -0.39 is 0 Å². The molecule has 3 saturated carbocycles. The summed E-state index contributed by atoms with van der Waals surface area (Å²) in [6.07, 6.45) is 8.05. The maximum atomic E-state index is 12.7. The van der Waals surface area contributed by atoms with Crippen LogP contribution in [0.2, 0.25) is 0 Å². The van der Waals surface area contributed by atoms with Crippen LogP contribution in [0.25, 0.3) is 0 Å². The van der Waals surface area contributed by atoms with E-state index in [4.69, 9.17) is 4.74 Å². The van der Waals surface area contributed by atoms with E-state index in [1.807, 2.05) is 6.92 Å². The van der Waals surface area contributed by atoms with Gasteiger partial charge in [0.2, 0.25) is 0 Å². The summed E-state index contributed by atoms with van der Waals surface area (Å²) in [5.41, 5.74) is 1.36. The molecule has 140 valence electrons. The molecule has 2 amide bonds. The molecule has 0 heterocycles. The molecular formula is C21H28N2O3. The van der Waals surface area contributed by atoms with E-state index in [2.05, 4.69) is 10.6 Å². The molecule has 0 saturated heterocycles. The molecule has 1 aromatic carbocycles. The lowest BCUT2D eigenvalue weighted by atomic mass is 9.60. The first kappa shape index (κ1) is 17.5. The Morgan fingerprint density at radius 2 is 1.62 bits per heavy atom. The van der Waals surface area contributed by atoms with Crippen LogP contribution in [0.1, 0.15) is 72.6 Å². The monoisotopic (exact) mass is 356 g/mol. The highest BCUT2D eigenvalue weighted by molar-refractivity contribution is 5.98. The number of carbonyl (C=O) groups is 2. The molecule has 4 rings (SSSR count). The second-order valence-electron chi connectivity index (χ2n) is 7.97. The van der Waals surface area contributed by atoms with Crippen LogP contribution in [0.15, 0.2) is 24.3 Å². The Morgan fingerprint density at radius 3 is 2.15 bits per heavy atom. The van der Waals surface area contributed by atoms with Gasteiger partial charge in [0.25, 0.3) is 11.8 Å². The van der Waals surface area contributed by atoms with Crippen molar-refractivity contribution in [3.8, 4) is 0 Å². The first-order valence-electron chi connectivity index (χ1n) is 9.96. The smallest absolute Gasteiger partial charge is 0.251 e. The summed E-state index contributed by atoms with van der Waals surface area (Å²) in [6, 6.07) is 7.51. The molecule has 0 bridgehead atoms. The van der Waals surface area contributed by atoms with Gasteiger partial charge in [0.15, 0.2) is 0 Å². The van der Waals surface area contributed by atoms with Crippen LogP contribution in [0, 0.1) is 5.41 Å². The van der Waals surface area contributed by atoms with Crippen molar-refractivity contribution in [1.29, 1.82) is 0 Å².